The van der Waals surface area contributed by atoms with Crippen LogP contribution in [0.15, 0.2) is 28.8 Å². The molecule has 2 aromatic rings. The normalized spacial score (nSPS) is 12.4. The number of benzene rings is 1. The lowest BCUT2D eigenvalue weighted by atomic mass is 10.0. The zero-order chi connectivity index (χ0) is 12.3. The average Bonchev–Trinajstić information content (AvgIpc) is 2.64. The van der Waals surface area contributed by atoms with Gasteiger partial charge in [0.2, 0.25) is 0 Å². The van der Waals surface area contributed by atoms with Gasteiger partial charge in [-0.25, -0.2) is 0 Å². The van der Waals surface area contributed by atoms with Crippen molar-refractivity contribution in [2.24, 2.45) is 0 Å². The number of aromatic nitrogens is 1. The third kappa shape index (κ3) is 2.05. The highest BCUT2D eigenvalue weighted by molar-refractivity contribution is 5.81. The fourth-order valence-electron chi connectivity index (χ4n) is 2.10. The van der Waals surface area contributed by atoms with Crippen LogP contribution in [-0.4, -0.2) is 11.7 Å². The molecule has 0 bridgehead atoms. The fraction of sp³-hybridized carbons (Fsp3) is 0.357. The van der Waals surface area contributed by atoms with Crippen LogP contribution in [0.5, 0.6) is 0 Å². The van der Waals surface area contributed by atoms with Gasteiger partial charge >= 0.3 is 0 Å². The van der Waals surface area contributed by atoms with E-state index in [4.69, 9.17) is 4.52 Å². The second-order valence-corrected chi connectivity index (χ2v) is 3.79. The second kappa shape index (κ2) is 5.04. The summed E-state index contributed by atoms with van der Waals surface area (Å²) in [4.78, 5) is 0. The van der Waals surface area contributed by atoms with Crippen molar-refractivity contribution >= 4 is 5.69 Å². The number of nitrogens with zero attached hydrogens (tertiary/aromatic N) is 1. The zero-order valence-electron chi connectivity index (χ0n) is 10.6. The molecular formula is C14H18N2O. The monoisotopic (exact) mass is 230 g/mol. The summed E-state index contributed by atoms with van der Waals surface area (Å²) in [5, 5.41) is 7.43. The molecule has 0 radical (unpaired) electrons. The third-order valence-corrected chi connectivity index (χ3v) is 2.80. The van der Waals surface area contributed by atoms with E-state index in [9.17, 15) is 0 Å². The Bertz CT molecular complexity index is 503. The van der Waals surface area contributed by atoms with Gasteiger partial charge in [0.05, 0.1) is 5.69 Å². The number of aryl methyl sites for hydroxylation is 1. The Morgan fingerprint density at radius 3 is 2.82 bits per heavy atom. The molecule has 3 rings (SSSR count). The molecule has 0 atom stereocenters. The minimum Gasteiger partial charge on any atom is -0.384 e. The van der Waals surface area contributed by atoms with E-state index in [0.29, 0.717) is 0 Å². The van der Waals surface area contributed by atoms with Crippen molar-refractivity contribution in [3.05, 3.63) is 35.7 Å². The molecule has 3 nitrogen and oxygen atoms in total. The van der Waals surface area contributed by atoms with Gasteiger partial charge in [-0.05, 0) is 13.0 Å². The molecule has 0 amide bonds. The number of fused-ring (bicyclic) bond motifs is 3. The van der Waals surface area contributed by atoms with Gasteiger partial charge in [-0.1, -0.05) is 37.2 Å². The van der Waals surface area contributed by atoms with Gasteiger partial charge in [-0.2, -0.15) is 0 Å². The molecule has 1 N–H and O–H groups in total. The minimum absolute atomic E-state index is 0.894. The molecule has 1 aliphatic heterocycles. The quantitative estimate of drug-likeness (QED) is 0.750. The molecule has 1 aliphatic rings. The van der Waals surface area contributed by atoms with Crippen LogP contribution in [0.2, 0.25) is 0 Å². The Hall–Kier alpha value is -1.77. The molecule has 0 saturated heterocycles. The first kappa shape index (κ1) is 11.7. The Morgan fingerprint density at radius 2 is 2.00 bits per heavy atom. The third-order valence-electron chi connectivity index (χ3n) is 2.80. The summed E-state index contributed by atoms with van der Waals surface area (Å²) < 4.78 is 5.33. The summed E-state index contributed by atoms with van der Waals surface area (Å²) in [6.07, 6.45) is 0.894. The topological polar surface area (TPSA) is 38.1 Å². The number of hydrogen-bond acceptors (Lipinski definition) is 3. The van der Waals surface area contributed by atoms with Crippen LogP contribution in [0.25, 0.3) is 11.1 Å². The molecule has 0 aliphatic carbocycles. The molecule has 0 spiro atoms. The predicted octanol–water partition coefficient (Wildman–Crippen LogP) is 3.64. The molecular weight excluding hydrogens is 212 g/mol. The molecule has 0 fully saturated rings. The first-order chi connectivity index (χ1) is 8.36. The van der Waals surface area contributed by atoms with E-state index in [-0.39, 0.29) is 0 Å². The van der Waals surface area contributed by atoms with E-state index in [1.54, 1.807) is 0 Å². The first-order valence-electron chi connectivity index (χ1n) is 6.14. The average molecular weight is 230 g/mol. The van der Waals surface area contributed by atoms with Gasteiger partial charge in [-0.3, -0.25) is 0 Å². The van der Waals surface area contributed by atoms with Gasteiger partial charge in [-0.15, -0.1) is 0 Å². The highest BCUT2D eigenvalue weighted by Crippen LogP contribution is 2.35. The van der Waals surface area contributed by atoms with Gasteiger partial charge in [0.25, 0.3) is 0 Å². The Kier molecular flexibility index (Phi) is 3.47. The highest BCUT2D eigenvalue weighted by Gasteiger charge is 2.19. The van der Waals surface area contributed by atoms with Crippen LogP contribution in [-0.2, 0) is 6.42 Å². The predicted molar refractivity (Wildman–Crippen MR) is 70.2 cm³/mol. The lowest BCUT2D eigenvalue weighted by Gasteiger charge is -2.06. The molecule has 17 heavy (non-hydrogen) atoms. The van der Waals surface area contributed by atoms with Gasteiger partial charge in [0, 0.05) is 29.8 Å². The molecule has 1 aromatic heterocycles. The fourth-order valence-corrected chi connectivity index (χ4v) is 2.10. The molecule has 1 aromatic carbocycles. The first-order valence-corrected chi connectivity index (χ1v) is 6.14. The van der Waals surface area contributed by atoms with E-state index < -0.39 is 0 Å². The van der Waals surface area contributed by atoms with Gasteiger partial charge in [0.15, 0.2) is 0 Å². The molecule has 0 unspecified atom stereocenters. The smallest absolute Gasteiger partial charge is 0.146 e. The second-order valence-electron chi connectivity index (χ2n) is 3.79. The Labute approximate surface area is 102 Å². The lowest BCUT2D eigenvalue weighted by molar-refractivity contribution is 0.382. The SMILES string of the molecule is CC.Cc1noc2c1-c1ccccc1NCC2. The summed E-state index contributed by atoms with van der Waals surface area (Å²) in [5.74, 6) is 0.991. The number of para-hydroxylation sites is 1. The molecule has 0 saturated carbocycles. The molecule has 3 heteroatoms. The zero-order valence-corrected chi connectivity index (χ0v) is 10.6. The van der Waals surface area contributed by atoms with E-state index >= 15 is 0 Å². The summed E-state index contributed by atoms with van der Waals surface area (Å²) >= 11 is 0. The maximum Gasteiger partial charge on any atom is 0.146 e. The Morgan fingerprint density at radius 1 is 1.24 bits per heavy atom. The number of anilines is 1. The maximum absolute atomic E-state index is 5.33. The molecule has 90 valence electrons. The van der Waals surface area contributed by atoms with Crippen LogP contribution in [0.3, 0.4) is 0 Å². The van der Waals surface area contributed by atoms with E-state index in [0.717, 1.165) is 30.0 Å². The van der Waals surface area contributed by atoms with Crippen LogP contribution < -0.4 is 5.32 Å². The van der Waals surface area contributed by atoms with Crippen molar-refractivity contribution in [3.8, 4) is 11.1 Å². The Balaban J connectivity index is 0.000000514. The lowest BCUT2D eigenvalue weighted by Crippen LogP contribution is -2.01. The van der Waals surface area contributed by atoms with Crippen molar-refractivity contribution in [1.29, 1.82) is 0 Å². The van der Waals surface area contributed by atoms with Gasteiger partial charge in [0.1, 0.15) is 5.76 Å². The largest absolute Gasteiger partial charge is 0.384 e. The summed E-state index contributed by atoms with van der Waals surface area (Å²) in [6, 6.07) is 8.29. The number of nitrogens with one attached hydrogen (secondary N) is 1. The van der Waals surface area contributed by atoms with Crippen molar-refractivity contribution in [2.45, 2.75) is 27.2 Å². The van der Waals surface area contributed by atoms with E-state index in [1.165, 1.54) is 11.3 Å². The van der Waals surface area contributed by atoms with Crippen LogP contribution in [0, 0.1) is 6.92 Å². The van der Waals surface area contributed by atoms with Crippen LogP contribution in [0.1, 0.15) is 25.3 Å². The van der Waals surface area contributed by atoms with Crippen molar-refractivity contribution < 1.29 is 4.52 Å². The number of rotatable bonds is 0. The van der Waals surface area contributed by atoms with Crippen LogP contribution >= 0.6 is 0 Å². The minimum atomic E-state index is 0.894. The standard InChI is InChI=1S/C12H12N2O.C2H6/c1-8-12-9-4-2-3-5-10(9)13-7-6-11(12)15-14-8;1-2/h2-5,13H,6-7H2,1H3;1-2H3. The van der Waals surface area contributed by atoms with E-state index in [2.05, 4.69) is 22.6 Å². The maximum atomic E-state index is 5.33. The van der Waals surface area contributed by atoms with Crippen molar-refractivity contribution in [2.75, 3.05) is 11.9 Å². The summed E-state index contributed by atoms with van der Waals surface area (Å²) in [5.41, 5.74) is 4.50. The van der Waals surface area contributed by atoms with Crippen LogP contribution in [0.4, 0.5) is 5.69 Å². The van der Waals surface area contributed by atoms with Gasteiger partial charge < -0.3 is 9.84 Å². The summed E-state index contributed by atoms with van der Waals surface area (Å²) in [7, 11) is 0. The highest BCUT2D eigenvalue weighted by atomic mass is 16.5. The summed E-state index contributed by atoms with van der Waals surface area (Å²) in [6.45, 7) is 6.89. The van der Waals surface area contributed by atoms with E-state index in [1.807, 2.05) is 32.9 Å². The van der Waals surface area contributed by atoms with Crippen molar-refractivity contribution in [3.63, 3.8) is 0 Å². The van der Waals surface area contributed by atoms with Crippen molar-refractivity contribution in [1.82, 2.24) is 5.16 Å². The molecule has 2 heterocycles. The number of hydrogen-bond donors (Lipinski definition) is 1.